The summed E-state index contributed by atoms with van der Waals surface area (Å²) in [4.78, 5) is 12.9. The number of hydrogen-bond acceptors (Lipinski definition) is 3. The van der Waals surface area contributed by atoms with Crippen LogP contribution in [-0.2, 0) is 0 Å². The largest absolute Gasteiger partial charge is 0.507 e. The Morgan fingerprint density at radius 1 is 0.906 bits per heavy atom. The van der Waals surface area contributed by atoms with E-state index in [1.165, 1.54) is 16.7 Å². The maximum atomic E-state index is 12.9. The van der Waals surface area contributed by atoms with Crippen LogP contribution in [0.1, 0.15) is 107 Å². The summed E-state index contributed by atoms with van der Waals surface area (Å²) in [6.07, 6.45) is 13.4. The highest BCUT2D eigenvalue weighted by Gasteiger charge is 2.38. The van der Waals surface area contributed by atoms with Gasteiger partial charge in [0.2, 0.25) is 0 Å². The number of ketones is 1. The number of ether oxygens (including phenoxy) is 1. The van der Waals surface area contributed by atoms with E-state index in [2.05, 4.69) is 45.9 Å². The maximum Gasteiger partial charge on any atom is 0.170 e. The van der Waals surface area contributed by atoms with Gasteiger partial charge in [0.15, 0.2) is 5.78 Å². The third kappa shape index (κ3) is 6.60. The number of rotatable bonds is 9. The number of hydrogen-bond donors (Lipinski definition) is 1. The molecule has 0 aromatic heterocycles. The minimum atomic E-state index is -0.511. The van der Waals surface area contributed by atoms with Gasteiger partial charge in [-0.2, -0.15) is 0 Å². The maximum absolute atomic E-state index is 12.9. The highest BCUT2D eigenvalue weighted by molar-refractivity contribution is 6.03. The summed E-state index contributed by atoms with van der Waals surface area (Å²) in [5.74, 6) is 0.937. The molecule has 0 radical (unpaired) electrons. The fraction of sp³-hybridized carbons (Fsp3) is 0.552. The molecule has 2 rings (SSSR count). The van der Waals surface area contributed by atoms with Crippen LogP contribution in [0.25, 0.3) is 0 Å². The molecule has 1 aromatic carbocycles. The Hall–Kier alpha value is -2.29. The number of aromatic hydroxyl groups is 1. The molecule has 3 heteroatoms. The van der Waals surface area contributed by atoms with Gasteiger partial charge in [-0.1, -0.05) is 34.9 Å². The van der Waals surface area contributed by atoms with Crippen LogP contribution >= 0.6 is 0 Å². The number of fused-ring (bicyclic) bond motifs is 1. The van der Waals surface area contributed by atoms with Crippen molar-refractivity contribution in [3.05, 3.63) is 57.2 Å². The van der Waals surface area contributed by atoms with Crippen LogP contribution < -0.4 is 4.74 Å². The van der Waals surface area contributed by atoms with Gasteiger partial charge in [0.1, 0.15) is 17.1 Å². The van der Waals surface area contributed by atoms with Crippen LogP contribution in [0.3, 0.4) is 0 Å². The minimum absolute atomic E-state index is 0.0686. The van der Waals surface area contributed by atoms with Crippen molar-refractivity contribution in [3.8, 4) is 11.5 Å². The third-order valence-electron chi connectivity index (χ3n) is 6.67. The predicted molar refractivity (Wildman–Crippen MR) is 135 cm³/mol. The molecule has 0 fully saturated rings. The number of benzene rings is 1. The average molecular weight is 439 g/mol. The molecule has 1 heterocycles. The number of carbonyl (C=O) groups excluding carboxylic acids is 1. The SMILES string of the molecule is CC(C)=CCCC(C)=CCCC(C)=CCCC1(C)CC(=O)c2c(C)c(O)c(C)c(C)c2O1. The predicted octanol–water partition coefficient (Wildman–Crippen LogP) is 8.24. The number of carbonyl (C=O) groups is 1. The van der Waals surface area contributed by atoms with Crippen molar-refractivity contribution in [2.24, 2.45) is 0 Å². The molecule has 1 aliphatic heterocycles. The van der Waals surface area contributed by atoms with Crippen molar-refractivity contribution in [2.45, 2.75) is 106 Å². The smallest absolute Gasteiger partial charge is 0.170 e. The second-order valence-corrected chi connectivity index (χ2v) is 10.1. The van der Waals surface area contributed by atoms with Crippen molar-refractivity contribution in [2.75, 3.05) is 0 Å². The van der Waals surface area contributed by atoms with Gasteiger partial charge in [0.05, 0.1) is 12.0 Å². The molecule has 0 spiro atoms. The van der Waals surface area contributed by atoms with Gasteiger partial charge in [-0.15, -0.1) is 0 Å². The molecule has 0 saturated carbocycles. The molecule has 1 unspecified atom stereocenters. The van der Waals surface area contributed by atoms with Gasteiger partial charge in [-0.25, -0.2) is 0 Å². The first-order valence-electron chi connectivity index (χ1n) is 11.9. The zero-order valence-electron chi connectivity index (χ0n) is 21.4. The fourth-order valence-corrected chi connectivity index (χ4v) is 4.38. The Morgan fingerprint density at radius 3 is 2.06 bits per heavy atom. The van der Waals surface area contributed by atoms with Crippen LogP contribution in [0.2, 0.25) is 0 Å². The van der Waals surface area contributed by atoms with Crippen molar-refractivity contribution in [1.29, 1.82) is 0 Å². The van der Waals surface area contributed by atoms with Crippen LogP contribution in [0.4, 0.5) is 0 Å². The van der Waals surface area contributed by atoms with E-state index < -0.39 is 5.60 Å². The molecule has 0 aliphatic carbocycles. The summed E-state index contributed by atoms with van der Waals surface area (Å²) in [5.41, 5.74) is 6.56. The quantitative estimate of drug-likeness (QED) is 0.395. The molecule has 0 bridgehead atoms. The fourth-order valence-electron chi connectivity index (χ4n) is 4.38. The van der Waals surface area contributed by atoms with E-state index in [0.29, 0.717) is 23.3 Å². The lowest BCUT2D eigenvalue weighted by Gasteiger charge is -2.37. The van der Waals surface area contributed by atoms with E-state index in [9.17, 15) is 9.90 Å². The Bertz CT molecular complexity index is 942. The van der Waals surface area contributed by atoms with Gasteiger partial charge in [0.25, 0.3) is 0 Å². The van der Waals surface area contributed by atoms with Crippen LogP contribution in [-0.4, -0.2) is 16.5 Å². The van der Waals surface area contributed by atoms with Crippen molar-refractivity contribution >= 4 is 5.78 Å². The van der Waals surface area contributed by atoms with E-state index in [-0.39, 0.29) is 11.5 Å². The molecular weight excluding hydrogens is 396 g/mol. The van der Waals surface area contributed by atoms with Crippen LogP contribution in [0.5, 0.6) is 11.5 Å². The van der Waals surface area contributed by atoms with E-state index in [1.807, 2.05) is 20.8 Å². The summed E-state index contributed by atoms with van der Waals surface area (Å²) >= 11 is 0. The first-order valence-corrected chi connectivity index (χ1v) is 11.9. The second kappa shape index (κ2) is 11.0. The molecule has 0 amide bonds. The minimum Gasteiger partial charge on any atom is -0.507 e. The lowest BCUT2D eigenvalue weighted by Crippen LogP contribution is -2.39. The van der Waals surface area contributed by atoms with E-state index in [4.69, 9.17) is 4.74 Å². The van der Waals surface area contributed by atoms with Crippen molar-refractivity contribution in [1.82, 2.24) is 0 Å². The standard InChI is InChI=1S/C29H42O3/c1-19(2)12-9-13-20(3)14-10-15-21(4)16-11-17-29(8)18-25(30)26-24(7)27(31)22(5)23(6)28(26)32-29/h12,14,16,31H,9-11,13,15,17-18H2,1-8H3. The number of Topliss-reactive ketones (excluding diaryl/α,β-unsaturated/α-hetero) is 1. The zero-order valence-corrected chi connectivity index (χ0v) is 21.4. The lowest BCUT2D eigenvalue weighted by molar-refractivity contribution is 0.0466. The molecule has 176 valence electrons. The average Bonchev–Trinajstić information content (AvgIpc) is 2.69. The summed E-state index contributed by atoms with van der Waals surface area (Å²) in [6, 6.07) is 0. The van der Waals surface area contributed by atoms with Crippen LogP contribution in [0, 0.1) is 20.8 Å². The van der Waals surface area contributed by atoms with E-state index in [1.54, 1.807) is 6.92 Å². The summed E-state index contributed by atoms with van der Waals surface area (Å²) in [5, 5.41) is 10.3. The number of phenolic OH excluding ortho intramolecular Hbond substituents is 1. The topological polar surface area (TPSA) is 46.5 Å². The van der Waals surface area contributed by atoms with Gasteiger partial charge < -0.3 is 9.84 Å². The first kappa shape index (κ1) is 26.0. The Morgan fingerprint density at radius 2 is 1.47 bits per heavy atom. The summed E-state index contributed by atoms with van der Waals surface area (Å²) < 4.78 is 6.41. The Kier molecular flexibility index (Phi) is 8.95. The zero-order chi connectivity index (χ0) is 24.1. The highest BCUT2D eigenvalue weighted by atomic mass is 16.5. The molecular formula is C29H42O3. The Balaban J connectivity index is 1.95. The van der Waals surface area contributed by atoms with Crippen molar-refractivity contribution < 1.29 is 14.6 Å². The third-order valence-corrected chi connectivity index (χ3v) is 6.67. The molecule has 0 saturated heterocycles. The van der Waals surface area contributed by atoms with Crippen LogP contribution in [0.15, 0.2) is 34.9 Å². The summed E-state index contributed by atoms with van der Waals surface area (Å²) in [7, 11) is 0. The first-order chi connectivity index (χ1) is 14.9. The van der Waals surface area contributed by atoms with Gasteiger partial charge >= 0.3 is 0 Å². The molecule has 1 N–H and O–H groups in total. The molecule has 32 heavy (non-hydrogen) atoms. The Labute approximate surface area is 195 Å². The van der Waals surface area contributed by atoms with Gasteiger partial charge in [0, 0.05) is 5.56 Å². The van der Waals surface area contributed by atoms with Crippen molar-refractivity contribution in [3.63, 3.8) is 0 Å². The summed E-state index contributed by atoms with van der Waals surface area (Å²) in [6.45, 7) is 16.3. The molecule has 3 nitrogen and oxygen atoms in total. The molecule has 1 aromatic rings. The second-order valence-electron chi connectivity index (χ2n) is 10.1. The van der Waals surface area contributed by atoms with Gasteiger partial charge in [-0.05, 0) is 105 Å². The van der Waals surface area contributed by atoms with E-state index in [0.717, 1.165) is 49.7 Å². The highest BCUT2D eigenvalue weighted by Crippen LogP contribution is 2.44. The molecule has 1 atom stereocenters. The van der Waals surface area contributed by atoms with E-state index >= 15 is 0 Å². The normalized spacial score (nSPS) is 18.9. The molecule has 1 aliphatic rings. The number of allylic oxidation sites excluding steroid dienone is 6. The number of phenols is 1. The monoisotopic (exact) mass is 438 g/mol. The lowest BCUT2D eigenvalue weighted by atomic mass is 9.84. The van der Waals surface area contributed by atoms with Gasteiger partial charge in [-0.3, -0.25) is 4.79 Å².